The lowest BCUT2D eigenvalue weighted by atomic mass is 9.85. The number of carbonyl (C=O) groups is 1. The monoisotopic (exact) mass is 214 g/mol. The lowest BCUT2D eigenvalue weighted by Crippen LogP contribution is -2.46. The predicted molar refractivity (Wildman–Crippen MR) is 59.5 cm³/mol. The van der Waals surface area contributed by atoms with Gasteiger partial charge in [0.2, 0.25) is 5.91 Å². The van der Waals surface area contributed by atoms with Gasteiger partial charge in [0.05, 0.1) is 6.54 Å². The first-order valence-electron chi connectivity index (χ1n) is 5.88. The molecule has 0 saturated heterocycles. The number of rotatable bonds is 5. The fraction of sp³-hybridized carbons (Fsp3) is 0.909. The summed E-state index contributed by atoms with van der Waals surface area (Å²) in [6, 6.07) is 0.176. The highest BCUT2D eigenvalue weighted by Crippen LogP contribution is 2.23. The lowest BCUT2D eigenvalue weighted by molar-refractivity contribution is -0.121. The first kappa shape index (κ1) is 12.5. The van der Waals surface area contributed by atoms with E-state index in [9.17, 15) is 9.90 Å². The van der Waals surface area contributed by atoms with Gasteiger partial charge in [0.1, 0.15) is 0 Å². The highest BCUT2D eigenvalue weighted by molar-refractivity contribution is 5.78. The molecule has 1 aliphatic carbocycles. The third kappa shape index (κ3) is 4.18. The Hall–Kier alpha value is -0.610. The summed E-state index contributed by atoms with van der Waals surface area (Å²) in [7, 11) is 0. The van der Waals surface area contributed by atoms with Gasteiger partial charge in [-0.1, -0.05) is 19.8 Å². The maximum atomic E-state index is 11.5. The average molecular weight is 214 g/mol. The van der Waals surface area contributed by atoms with Gasteiger partial charge in [-0.05, 0) is 19.4 Å². The third-order valence-corrected chi connectivity index (χ3v) is 3.03. The van der Waals surface area contributed by atoms with E-state index in [0.29, 0.717) is 6.54 Å². The van der Waals surface area contributed by atoms with E-state index in [1.54, 1.807) is 0 Å². The number of aliphatic hydroxyl groups excluding tert-OH is 1. The second kappa shape index (κ2) is 6.80. The Morgan fingerprint density at radius 1 is 1.40 bits per heavy atom. The zero-order chi connectivity index (χ0) is 11.1. The Bertz CT molecular complexity index is 197. The Labute approximate surface area is 91.4 Å². The molecule has 0 heterocycles. The van der Waals surface area contributed by atoms with Crippen molar-refractivity contribution in [2.24, 2.45) is 5.92 Å². The van der Waals surface area contributed by atoms with Crippen LogP contribution in [-0.2, 0) is 4.79 Å². The van der Waals surface area contributed by atoms with E-state index in [-0.39, 0.29) is 24.5 Å². The van der Waals surface area contributed by atoms with Crippen LogP contribution in [0.3, 0.4) is 0 Å². The van der Waals surface area contributed by atoms with Crippen LogP contribution in [0, 0.1) is 5.92 Å². The Morgan fingerprint density at radius 3 is 2.80 bits per heavy atom. The molecule has 3 N–H and O–H groups in total. The van der Waals surface area contributed by atoms with Gasteiger partial charge in [0.25, 0.3) is 0 Å². The summed E-state index contributed by atoms with van der Waals surface area (Å²) in [6.07, 6.45) is 4.36. The minimum Gasteiger partial charge on any atom is -0.396 e. The zero-order valence-corrected chi connectivity index (χ0v) is 9.46. The summed E-state index contributed by atoms with van der Waals surface area (Å²) >= 11 is 0. The molecule has 0 radical (unpaired) electrons. The van der Waals surface area contributed by atoms with Gasteiger partial charge in [-0.15, -0.1) is 0 Å². The van der Waals surface area contributed by atoms with Gasteiger partial charge in [0, 0.05) is 18.6 Å². The van der Waals surface area contributed by atoms with Gasteiger partial charge in [-0.3, -0.25) is 4.79 Å². The molecule has 1 aliphatic rings. The van der Waals surface area contributed by atoms with E-state index in [0.717, 1.165) is 25.8 Å². The van der Waals surface area contributed by atoms with Crippen molar-refractivity contribution in [3.05, 3.63) is 0 Å². The molecule has 0 aromatic carbocycles. The van der Waals surface area contributed by atoms with Crippen molar-refractivity contribution >= 4 is 5.91 Å². The van der Waals surface area contributed by atoms with Crippen LogP contribution in [0.2, 0.25) is 0 Å². The first-order valence-corrected chi connectivity index (χ1v) is 5.88. The molecule has 4 heteroatoms. The Balaban J connectivity index is 2.30. The summed E-state index contributed by atoms with van der Waals surface area (Å²) in [5, 5.41) is 15.2. The number of carbonyl (C=O) groups excluding carboxylic acids is 1. The van der Waals surface area contributed by atoms with E-state index in [1.807, 2.05) is 6.92 Å². The van der Waals surface area contributed by atoms with Crippen molar-refractivity contribution in [3.8, 4) is 0 Å². The van der Waals surface area contributed by atoms with Gasteiger partial charge >= 0.3 is 0 Å². The fourth-order valence-corrected chi connectivity index (χ4v) is 2.11. The summed E-state index contributed by atoms with van der Waals surface area (Å²) < 4.78 is 0. The second-order valence-electron chi connectivity index (χ2n) is 4.18. The predicted octanol–water partition coefficient (Wildman–Crippen LogP) is 0.263. The van der Waals surface area contributed by atoms with Crippen LogP contribution in [0.5, 0.6) is 0 Å². The maximum Gasteiger partial charge on any atom is 0.234 e. The van der Waals surface area contributed by atoms with Crippen LogP contribution < -0.4 is 10.6 Å². The summed E-state index contributed by atoms with van der Waals surface area (Å²) in [6.45, 7) is 3.35. The van der Waals surface area contributed by atoms with E-state index < -0.39 is 0 Å². The maximum absolute atomic E-state index is 11.5. The van der Waals surface area contributed by atoms with Crippen molar-refractivity contribution < 1.29 is 9.90 Å². The van der Waals surface area contributed by atoms with Gasteiger partial charge < -0.3 is 15.7 Å². The molecule has 1 fully saturated rings. The molecule has 0 aromatic rings. The van der Waals surface area contributed by atoms with Gasteiger partial charge in [0.15, 0.2) is 0 Å². The Morgan fingerprint density at radius 2 is 2.13 bits per heavy atom. The van der Waals surface area contributed by atoms with Crippen molar-refractivity contribution in [1.82, 2.24) is 10.6 Å². The molecule has 1 amide bonds. The molecular formula is C11H22N2O2. The van der Waals surface area contributed by atoms with Crippen molar-refractivity contribution in [2.75, 3.05) is 19.7 Å². The fourth-order valence-electron chi connectivity index (χ4n) is 2.11. The minimum atomic E-state index is 0.0437. The highest BCUT2D eigenvalue weighted by Gasteiger charge is 2.25. The minimum absolute atomic E-state index is 0.0437. The smallest absolute Gasteiger partial charge is 0.234 e. The standard InChI is InChI=1S/C11H22N2O2/c1-2-12-7-11(15)13-10-6-4-3-5-9(10)8-14/h9-10,12,14H,2-8H2,1H3,(H,13,15). The number of nitrogens with one attached hydrogen (secondary N) is 2. The third-order valence-electron chi connectivity index (χ3n) is 3.03. The van der Waals surface area contributed by atoms with Crippen LogP contribution in [0.15, 0.2) is 0 Å². The molecule has 0 aliphatic heterocycles. The number of hydrogen-bond acceptors (Lipinski definition) is 3. The number of amides is 1. The van der Waals surface area contributed by atoms with Crippen LogP contribution in [0.4, 0.5) is 0 Å². The zero-order valence-electron chi connectivity index (χ0n) is 9.46. The normalized spacial score (nSPS) is 26.3. The van der Waals surface area contributed by atoms with Gasteiger partial charge in [-0.2, -0.15) is 0 Å². The summed E-state index contributed by atoms with van der Waals surface area (Å²) in [4.78, 5) is 11.5. The molecule has 0 bridgehead atoms. The quantitative estimate of drug-likeness (QED) is 0.615. The highest BCUT2D eigenvalue weighted by atomic mass is 16.3. The van der Waals surface area contributed by atoms with Crippen molar-refractivity contribution in [1.29, 1.82) is 0 Å². The van der Waals surface area contributed by atoms with Crippen LogP contribution in [-0.4, -0.2) is 36.8 Å². The van der Waals surface area contributed by atoms with E-state index in [2.05, 4.69) is 10.6 Å². The van der Waals surface area contributed by atoms with Crippen molar-refractivity contribution in [3.63, 3.8) is 0 Å². The molecule has 4 nitrogen and oxygen atoms in total. The Kier molecular flexibility index (Phi) is 5.65. The summed E-state index contributed by atoms with van der Waals surface area (Å²) in [5.41, 5.74) is 0. The molecule has 1 rings (SSSR count). The van der Waals surface area contributed by atoms with Crippen molar-refractivity contribution in [2.45, 2.75) is 38.6 Å². The molecular weight excluding hydrogens is 192 g/mol. The van der Waals surface area contributed by atoms with Crippen LogP contribution in [0.1, 0.15) is 32.6 Å². The number of likely N-dealkylation sites (N-methyl/N-ethyl adjacent to an activating group) is 1. The topological polar surface area (TPSA) is 61.4 Å². The van der Waals surface area contributed by atoms with E-state index in [1.165, 1.54) is 6.42 Å². The SMILES string of the molecule is CCNCC(=O)NC1CCCCC1CO. The van der Waals surface area contributed by atoms with E-state index in [4.69, 9.17) is 0 Å². The lowest BCUT2D eigenvalue weighted by Gasteiger charge is -2.30. The van der Waals surface area contributed by atoms with Gasteiger partial charge in [-0.25, -0.2) is 0 Å². The molecule has 88 valence electrons. The molecule has 2 unspecified atom stereocenters. The average Bonchev–Trinajstić information content (AvgIpc) is 2.27. The number of aliphatic hydroxyl groups is 1. The molecule has 2 atom stereocenters. The van der Waals surface area contributed by atoms with E-state index >= 15 is 0 Å². The second-order valence-corrected chi connectivity index (χ2v) is 4.18. The summed E-state index contributed by atoms with van der Waals surface area (Å²) in [5.74, 6) is 0.298. The molecule has 0 aromatic heterocycles. The molecule has 15 heavy (non-hydrogen) atoms. The number of hydrogen-bond donors (Lipinski definition) is 3. The first-order chi connectivity index (χ1) is 7.27. The molecule has 0 spiro atoms. The largest absolute Gasteiger partial charge is 0.396 e. The molecule has 1 saturated carbocycles. The van der Waals surface area contributed by atoms with Crippen LogP contribution in [0.25, 0.3) is 0 Å². The van der Waals surface area contributed by atoms with Crippen LogP contribution >= 0.6 is 0 Å².